The van der Waals surface area contributed by atoms with Crippen LogP contribution in [0.1, 0.15) is 18.9 Å². The molecule has 1 rings (SSSR count). The van der Waals surface area contributed by atoms with Gasteiger partial charge < -0.3 is 14.4 Å². The highest BCUT2D eigenvalue weighted by molar-refractivity contribution is 9.09. The van der Waals surface area contributed by atoms with Crippen LogP contribution >= 0.6 is 15.9 Å². The summed E-state index contributed by atoms with van der Waals surface area (Å²) in [6.45, 7) is 3.23. The van der Waals surface area contributed by atoms with Crippen LogP contribution in [0.2, 0.25) is 0 Å². The van der Waals surface area contributed by atoms with E-state index in [1.807, 2.05) is 18.2 Å². The molecule has 0 N–H and O–H groups in total. The molecule has 0 aliphatic carbocycles. The van der Waals surface area contributed by atoms with E-state index in [4.69, 9.17) is 9.47 Å². The quantitative estimate of drug-likeness (QED) is 0.722. The molecule has 0 radical (unpaired) electrons. The lowest BCUT2D eigenvalue weighted by Gasteiger charge is -2.19. The van der Waals surface area contributed by atoms with E-state index in [0.717, 1.165) is 23.5 Å². The van der Waals surface area contributed by atoms with Gasteiger partial charge in [-0.1, -0.05) is 22.9 Å². The summed E-state index contributed by atoms with van der Waals surface area (Å²) in [6.07, 6.45) is 0.937. The van der Waals surface area contributed by atoms with Crippen LogP contribution in [0.15, 0.2) is 18.2 Å². The predicted octanol–water partition coefficient (Wildman–Crippen LogP) is 2.84. The van der Waals surface area contributed by atoms with Crippen molar-refractivity contribution in [1.29, 1.82) is 0 Å². The van der Waals surface area contributed by atoms with Gasteiger partial charge in [-0.25, -0.2) is 0 Å². The van der Waals surface area contributed by atoms with E-state index in [9.17, 15) is 4.79 Å². The van der Waals surface area contributed by atoms with Gasteiger partial charge in [0.1, 0.15) is 11.5 Å². The number of ether oxygens (including phenoxy) is 2. The Hall–Kier alpha value is -1.23. The van der Waals surface area contributed by atoms with Gasteiger partial charge in [0.15, 0.2) is 0 Å². The molecule has 4 nitrogen and oxygen atoms in total. The van der Waals surface area contributed by atoms with Gasteiger partial charge in [-0.15, -0.1) is 0 Å². The van der Waals surface area contributed by atoms with Crippen molar-refractivity contribution < 1.29 is 14.3 Å². The summed E-state index contributed by atoms with van der Waals surface area (Å²) in [5.74, 6) is 1.57. The summed E-state index contributed by atoms with van der Waals surface area (Å²) in [6, 6.07) is 5.67. The van der Waals surface area contributed by atoms with E-state index in [1.165, 1.54) is 0 Å². The normalized spacial score (nSPS) is 10.1. The molecule has 0 saturated carbocycles. The average molecular weight is 330 g/mol. The van der Waals surface area contributed by atoms with Crippen molar-refractivity contribution in [1.82, 2.24) is 4.90 Å². The van der Waals surface area contributed by atoms with Crippen molar-refractivity contribution in [3.8, 4) is 11.5 Å². The Balaban J connectivity index is 2.88. The second-order valence-electron chi connectivity index (χ2n) is 4.21. The molecule has 5 heteroatoms. The molecule has 0 aromatic heterocycles. The van der Waals surface area contributed by atoms with Crippen molar-refractivity contribution in [2.75, 3.05) is 26.1 Å². The minimum absolute atomic E-state index is 0.0391. The first-order chi connectivity index (χ1) is 9.12. The fourth-order valence-electron chi connectivity index (χ4n) is 1.58. The molecule has 0 unspecified atom stereocenters. The number of benzene rings is 1. The van der Waals surface area contributed by atoms with Gasteiger partial charge in [0.05, 0.1) is 19.0 Å². The van der Waals surface area contributed by atoms with Gasteiger partial charge in [-0.2, -0.15) is 0 Å². The molecule has 0 aliphatic rings. The Kier molecular flexibility index (Phi) is 6.70. The molecule has 19 heavy (non-hydrogen) atoms. The van der Waals surface area contributed by atoms with Crippen molar-refractivity contribution in [2.45, 2.75) is 19.9 Å². The number of methoxy groups -OCH3 is 1. The second-order valence-corrected chi connectivity index (χ2v) is 4.77. The summed E-state index contributed by atoms with van der Waals surface area (Å²) in [7, 11) is 3.40. The molecule has 0 atom stereocenters. The number of alkyl halides is 1. The standard InChI is InChI=1S/C14H20BrNO3/c1-4-7-19-13-8-12(18-3)6-5-11(13)10-16(2)14(17)9-15/h5-6,8H,4,7,9-10H2,1-3H3. The fourth-order valence-corrected chi connectivity index (χ4v) is 2.01. The summed E-state index contributed by atoms with van der Waals surface area (Å²) in [5, 5.41) is 0.324. The third-order valence-electron chi connectivity index (χ3n) is 2.68. The van der Waals surface area contributed by atoms with Gasteiger partial charge in [0.2, 0.25) is 5.91 Å². The number of hydrogen-bond donors (Lipinski definition) is 0. The topological polar surface area (TPSA) is 38.8 Å². The molecule has 0 saturated heterocycles. The monoisotopic (exact) mass is 329 g/mol. The summed E-state index contributed by atoms with van der Waals surface area (Å²) in [5.41, 5.74) is 0.978. The van der Waals surface area contributed by atoms with Gasteiger partial charge in [-0.3, -0.25) is 4.79 Å². The van der Waals surface area contributed by atoms with E-state index in [1.54, 1.807) is 19.1 Å². The third kappa shape index (κ3) is 4.74. The van der Waals surface area contributed by atoms with E-state index in [-0.39, 0.29) is 5.91 Å². The lowest BCUT2D eigenvalue weighted by molar-refractivity contribution is -0.127. The summed E-state index contributed by atoms with van der Waals surface area (Å²) < 4.78 is 10.9. The molecule has 1 aromatic rings. The smallest absolute Gasteiger partial charge is 0.233 e. The van der Waals surface area contributed by atoms with Gasteiger partial charge >= 0.3 is 0 Å². The molecule has 0 bridgehead atoms. The van der Waals surface area contributed by atoms with Crippen LogP contribution in [0.5, 0.6) is 11.5 Å². The Morgan fingerprint density at radius 2 is 2.16 bits per heavy atom. The van der Waals surface area contributed by atoms with Crippen molar-refractivity contribution in [3.63, 3.8) is 0 Å². The van der Waals surface area contributed by atoms with E-state index >= 15 is 0 Å². The Morgan fingerprint density at radius 3 is 2.74 bits per heavy atom. The molecule has 106 valence electrons. The first-order valence-corrected chi connectivity index (χ1v) is 7.34. The summed E-state index contributed by atoms with van der Waals surface area (Å²) in [4.78, 5) is 13.2. The average Bonchev–Trinajstić information content (AvgIpc) is 2.45. The lowest BCUT2D eigenvalue weighted by atomic mass is 10.1. The van der Waals surface area contributed by atoms with Crippen molar-refractivity contribution in [3.05, 3.63) is 23.8 Å². The largest absolute Gasteiger partial charge is 0.497 e. The molecule has 0 aliphatic heterocycles. The maximum absolute atomic E-state index is 11.6. The Labute approximate surface area is 122 Å². The molecule has 0 spiro atoms. The lowest BCUT2D eigenvalue weighted by Crippen LogP contribution is -2.27. The Morgan fingerprint density at radius 1 is 1.42 bits per heavy atom. The van der Waals surface area contributed by atoms with Gasteiger partial charge in [-0.05, 0) is 18.6 Å². The highest BCUT2D eigenvalue weighted by atomic mass is 79.9. The van der Waals surface area contributed by atoms with Crippen LogP contribution in [0, 0.1) is 0 Å². The molecule has 0 fully saturated rings. The number of hydrogen-bond acceptors (Lipinski definition) is 3. The minimum Gasteiger partial charge on any atom is -0.497 e. The first kappa shape index (κ1) is 15.8. The van der Waals surface area contributed by atoms with Crippen LogP contribution in [0.3, 0.4) is 0 Å². The third-order valence-corrected chi connectivity index (χ3v) is 3.16. The maximum atomic E-state index is 11.6. The van der Waals surface area contributed by atoms with Gasteiger partial charge in [0.25, 0.3) is 0 Å². The molecular formula is C14H20BrNO3. The highest BCUT2D eigenvalue weighted by Gasteiger charge is 2.12. The Bertz CT molecular complexity index is 423. The number of nitrogens with zero attached hydrogens (tertiary/aromatic N) is 1. The zero-order chi connectivity index (χ0) is 14.3. The molecule has 0 heterocycles. The van der Waals surface area contributed by atoms with Crippen LogP contribution in [0.25, 0.3) is 0 Å². The fraction of sp³-hybridized carbons (Fsp3) is 0.500. The first-order valence-electron chi connectivity index (χ1n) is 6.22. The predicted molar refractivity (Wildman–Crippen MR) is 79.0 cm³/mol. The summed E-state index contributed by atoms with van der Waals surface area (Å²) >= 11 is 3.17. The van der Waals surface area contributed by atoms with Crippen LogP contribution in [-0.2, 0) is 11.3 Å². The zero-order valence-electron chi connectivity index (χ0n) is 11.6. The van der Waals surface area contributed by atoms with Crippen molar-refractivity contribution >= 4 is 21.8 Å². The minimum atomic E-state index is 0.0391. The van der Waals surface area contributed by atoms with Gasteiger partial charge in [0, 0.05) is 25.2 Å². The van der Waals surface area contributed by atoms with E-state index in [2.05, 4.69) is 22.9 Å². The van der Waals surface area contributed by atoms with Crippen LogP contribution in [-0.4, -0.2) is 36.9 Å². The number of amides is 1. The van der Waals surface area contributed by atoms with Crippen molar-refractivity contribution in [2.24, 2.45) is 0 Å². The van der Waals surface area contributed by atoms with E-state index < -0.39 is 0 Å². The second kappa shape index (κ2) is 8.04. The molecule has 1 aromatic carbocycles. The number of carbonyl (C=O) groups excluding carboxylic acids is 1. The number of carbonyl (C=O) groups is 1. The zero-order valence-corrected chi connectivity index (χ0v) is 13.2. The molecular weight excluding hydrogens is 310 g/mol. The SMILES string of the molecule is CCCOc1cc(OC)ccc1CN(C)C(=O)CBr. The van der Waals surface area contributed by atoms with E-state index in [0.29, 0.717) is 18.5 Å². The van der Waals surface area contributed by atoms with Crippen LogP contribution in [0.4, 0.5) is 0 Å². The molecule has 1 amide bonds. The number of halogens is 1. The maximum Gasteiger partial charge on any atom is 0.233 e. The van der Waals surface area contributed by atoms with Crippen LogP contribution < -0.4 is 9.47 Å². The highest BCUT2D eigenvalue weighted by Crippen LogP contribution is 2.26. The number of rotatable bonds is 7.